The fourth-order valence-electron chi connectivity index (χ4n) is 7.61. The van der Waals surface area contributed by atoms with Crippen molar-refractivity contribution < 1.29 is 56.5 Å². The maximum Gasteiger partial charge on any atom is 0.490 e. The predicted molar refractivity (Wildman–Crippen MR) is 318 cm³/mol. The summed E-state index contributed by atoms with van der Waals surface area (Å²) in [4.78, 5) is 74.6. The van der Waals surface area contributed by atoms with Gasteiger partial charge in [-0.1, -0.05) is 171 Å². The Hall–Kier alpha value is -7.34. The van der Waals surface area contributed by atoms with Crippen LogP contribution in [0.2, 0.25) is 51.4 Å². The van der Waals surface area contributed by atoms with Crippen LogP contribution in [0.25, 0.3) is 20.9 Å². The minimum absolute atomic E-state index is 0.0412. The van der Waals surface area contributed by atoms with Crippen LogP contribution in [-0.4, -0.2) is 120 Å². The van der Waals surface area contributed by atoms with Crippen LogP contribution >= 0.6 is 0 Å². The third-order valence-electron chi connectivity index (χ3n) is 12.1. The molecule has 2 amide bonds. The number of benzene rings is 4. The van der Waals surface area contributed by atoms with E-state index >= 15 is 0 Å². The van der Waals surface area contributed by atoms with Crippen molar-refractivity contribution in [3.8, 4) is 0 Å². The molecule has 82 heavy (non-hydrogen) atoms. The number of carbonyl (C=O) groups excluding carboxylic acids is 5. The number of amides is 2. The SMILES string of the molecule is CCNC(=O)[C@@H](N)Cc1ccccc1.CCNC(=O)[C@H](Cc1ccccc1)NCCC(C[C@H](N=[N+]=[N-])C(=O)OCC[Si](C)(C)C)c1ccccc1.C[Si](C)(C)CCOC(=O)[C@H](CC(CC=O)c1ccccc1)N=[N+]=[N-].O=C(O)C(F)(F)F. The number of carboxylic acid groups (broad SMARTS) is 1. The van der Waals surface area contributed by atoms with Crippen LogP contribution in [0.1, 0.15) is 73.6 Å². The lowest BCUT2D eigenvalue weighted by Gasteiger charge is -2.23. The van der Waals surface area contributed by atoms with Crippen LogP contribution in [0.5, 0.6) is 0 Å². The number of ether oxygens (including phenoxy) is 2. The maximum absolute atomic E-state index is 12.8. The molecule has 2 unspecified atom stereocenters. The zero-order chi connectivity index (χ0) is 61.6. The number of nitrogens with two attached hydrogens (primary N) is 1. The first kappa shape index (κ1) is 72.7. The molecule has 0 saturated carbocycles. The molecule has 0 radical (unpaired) electrons. The normalized spacial score (nSPS) is 13.1. The molecular formula is C58H83F3N10O9Si2. The van der Waals surface area contributed by atoms with Gasteiger partial charge >= 0.3 is 24.1 Å². The van der Waals surface area contributed by atoms with Crippen molar-refractivity contribution in [1.82, 2.24) is 16.0 Å². The monoisotopic (exact) mass is 1180 g/mol. The summed E-state index contributed by atoms with van der Waals surface area (Å²) in [5, 5.41) is 23.5. The van der Waals surface area contributed by atoms with Crippen LogP contribution < -0.4 is 21.7 Å². The average Bonchev–Trinajstić information content (AvgIpc) is 3.46. The molecule has 19 nitrogen and oxygen atoms in total. The second-order valence-corrected chi connectivity index (χ2v) is 32.6. The second-order valence-electron chi connectivity index (χ2n) is 21.4. The molecule has 0 aromatic heterocycles. The van der Waals surface area contributed by atoms with Crippen LogP contribution in [0.4, 0.5) is 13.2 Å². The van der Waals surface area contributed by atoms with Crippen molar-refractivity contribution in [1.29, 1.82) is 0 Å². The number of hydrogen-bond acceptors (Lipinski definition) is 12. The van der Waals surface area contributed by atoms with Gasteiger partial charge in [0, 0.05) is 45.5 Å². The lowest BCUT2D eigenvalue weighted by Crippen LogP contribution is -2.46. The van der Waals surface area contributed by atoms with E-state index in [1.165, 1.54) is 0 Å². The number of rotatable bonds is 30. The highest BCUT2D eigenvalue weighted by Gasteiger charge is 2.38. The number of carbonyl (C=O) groups is 6. The van der Waals surface area contributed by atoms with Gasteiger partial charge in [0.2, 0.25) is 11.8 Å². The Morgan fingerprint density at radius 2 is 1.02 bits per heavy atom. The van der Waals surface area contributed by atoms with Crippen LogP contribution in [0, 0.1) is 0 Å². The standard InChI is InChI=1S/C28H41N5O3Si.C17H25N3O3Si.C11H16N2O.C2HF3O2/c1-5-30-27(34)25(20-22-12-8-6-9-13-22)31-17-16-24(23-14-10-7-11-15-23)21-26(32-33-29)28(35)36-18-19-37(2,3)4;1-24(2,3)12-11-23-17(22)16(19-20-18)13-15(9-10-21)14-7-5-4-6-8-14;1-2-13-11(14)10(12)8-9-6-4-3-5-7-9;3-2(4,5)1(6)7/h6-15,24-26,31H,5,16-21H2,1-4H3,(H,30,34);4-8,10,15-16H,9,11-13H2,1-3H3;3-7,10H,2,8,12H2,1H3,(H,13,14);(H,6,7)/t24?,25-,26-;15?,16-;10-;/m000./s1. The summed E-state index contributed by atoms with van der Waals surface area (Å²) in [6.45, 7) is 19.5. The number of likely N-dealkylation sites (N-methyl/N-ethyl adjacent to an activating group) is 2. The molecule has 0 aliphatic carbocycles. The van der Waals surface area contributed by atoms with Gasteiger partial charge in [-0.25, -0.2) is 4.79 Å². The van der Waals surface area contributed by atoms with E-state index in [4.69, 9.17) is 36.2 Å². The molecule has 0 bridgehead atoms. The molecule has 0 saturated heterocycles. The number of carboxylic acids is 1. The van der Waals surface area contributed by atoms with E-state index in [1.54, 1.807) is 0 Å². The number of nitrogens with zero attached hydrogens (tertiary/aromatic N) is 6. The fourth-order valence-corrected chi connectivity index (χ4v) is 9.04. The smallest absolute Gasteiger partial charge is 0.475 e. The van der Waals surface area contributed by atoms with Crippen molar-refractivity contribution in [2.45, 2.75) is 146 Å². The predicted octanol–water partition coefficient (Wildman–Crippen LogP) is 11.1. The Bertz CT molecular complexity index is 2590. The van der Waals surface area contributed by atoms with Gasteiger partial charge in [-0.3, -0.25) is 19.2 Å². The van der Waals surface area contributed by atoms with E-state index in [1.807, 2.05) is 135 Å². The highest BCUT2D eigenvalue weighted by Crippen LogP contribution is 2.28. The van der Waals surface area contributed by atoms with E-state index in [0.717, 1.165) is 40.6 Å². The zero-order valence-corrected chi connectivity index (χ0v) is 50.4. The Morgan fingerprint density at radius 3 is 1.40 bits per heavy atom. The molecular weight excluding hydrogens is 1090 g/mol. The van der Waals surface area contributed by atoms with Gasteiger partial charge in [0.05, 0.1) is 25.3 Å². The van der Waals surface area contributed by atoms with Crippen molar-refractivity contribution in [3.63, 3.8) is 0 Å². The Morgan fingerprint density at radius 1 is 0.646 bits per heavy atom. The molecule has 0 heterocycles. The minimum atomic E-state index is -5.08. The largest absolute Gasteiger partial charge is 0.490 e. The van der Waals surface area contributed by atoms with Gasteiger partial charge in [0.15, 0.2) is 0 Å². The summed E-state index contributed by atoms with van der Waals surface area (Å²) in [5.74, 6) is -4.11. The third kappa shape index (κ3) is 33.4. The van der Waals surface area contributed by atoms with Gasteiger partial charge in [0.1, 0.15) is 18.4 Å². The highest BCUT2D eigenvalue weighted by molar-refractivity contribution is 6.76. The van der Waals surface area contributed by atoms with Crippen molar-refractivity contribution in [2.75, 3.05) is 32.8 Å². The average molecular weight is 1180 g/mol. The van der Waals surface area contributed by atoms with E-state index in [0.29, 0.717) is 58.5 Å². The molecule has 448 valence electrons. The Kier molecular flexibility index (Phi) is 35.4. The lowest BCUT2D eigenvalue weighted by molar-refractivity contribution is -0.192. The van der Waals surface area contributed by atoms with E-state index < -0.39 is 58.4 Å². The minimum Gasteiger partial charge on any atom is -0.475 e. The summed E-state index contributed by atoms with van der Waals surface area (Å²) in [6.07, 6.45) is -1.57. The molecule has 0 aliphatic rings. The molecule has 4 rings (SSSR count). The molecule has 6 N–H and O–H groups in total. The topological polar surface area (TPSA) is 301 Å². The number of nitrogens with one attached hydrogen (secondary N) is 3. The van der Waals surface area contributed by atoms with E-state index in [-0.39, 0.29) is 42.5 Å². The number of aldehydes is 1. The van der Waals surface area contributed by atoms with Crippen LogP contribution in [-0.2, 0) is 51.1 Å². The number of hydrogen-bond donors (Lipinski definition) is 5. The van der Waals surface area contributed by atoms with Crippen LogP contribution in [0.3, 0.4) is 0 Å². The van der Waals surface area contributed by atoms with Gasteiger partial charge < -0.3 is 41.1 Å². The molecule has 0 fully saturated rings. The third-order valence-corrected chi connectivity index (χ3v) is 15.5. The fraction of sp³-hybridized carbons (Fsp3) is 0.483. The zero-order valence-electron chi connectivity index (χ0n) is 48.4. The number of azide groups is 2. The first-order valence-electron chi connectivity index (χ1n) is 27.2. The maximum atomic E-state index is 12.8. The molecule has 4 aromatic carbocycles. The van der Waals surface area contributed by atoms with E-state index in [9.17, 15) is 37.1 Å². The number of halogens is 3. The van der Waals surface area contributed by atoms with Crippen molar-refractivity contribution in [2.24, 2.45) is 16.0 Å². The molecule has 0 spiro atoms. The second kappa shape index (κ2) is 40.0. The molecule has 6 atom stereocenters. The summed E-state index contributed by atoms with van der Waals surface area (Å²) in [6, 6.07) is 38.1. The van der Waals surface area contributed by atoms with Crippen molar-refractivity contribution >= 4 is 52.2 Å². The van der Waals surface area contributed by atoms with Gasteiger partial charge in [-0.2, -0.15) is 13.2 Å². The first-order valence-corrected chi connectivity index (χ1v) is 34.6. The number of esters is 2. The summed E-state index contributed by atoms with van der Waals surface area (Å²) in [7, 11) is -2.66. The molecule has 24 heteroatoms. The van der Waals surface area contributed by atoms with E-state index in [2.05, 4.69) is 75.3 Å². The summed E-state index contributed by atoms with van der Waals surface area (Å²) >= 11 is 0. The summed E-state index contributed by atoms with van der Waals surface area (Å²) < 4.78 is 42.5. The molecule has 0 aliphatic heterocycles. The van der Waals surface area contributed by atoms with Gasteiger partial charge in [-0.05, 0) is 110 Å². The van der Waals surface area contributed by atoms with Crippen molar-refractivity contribution in [3.05, 3.63) is 164 Å². The summed E-state index contributed by atoms with van der Waals surface area (Å²) in [5.41, 5.74) is 27.8. The first-order chi connectivity index (χ1) is 38.8. The number of aliphatic carboxylic acids is 1. The van der Waals surface area contributed by atoms with Gasteiger partial charge in [0.25, 0.3) is 0 Å². The lowest BCUT2D eigenvalue weighted by atomic mass is 9.89. The Balaban J connectivity index is 0.000000633. The Labute approximate surface area is 482 Å². The van der Waals surface area contributed by atoms with Crippen LogP contribution in [0.15, 0.2) is 132 Å². The quantitative estimate of drug-likeness (QED) is 0.00816. The number of alkyl halides is 3. The molecule has 4 aromatic rings. The highest BCUT2D eigenvalue weighted by atomic mass is 28.3. The van der Waals surface area contributed by atoms with Gasteiger partial charge in [-0.15, -0.1) is 0 Å².